The van der Waals surface area contributed by atoms with Crippen molar-refractivity contribution < 1.29 is 18.0 Å². The highest BCUT2D eigenvalue weighted by Crippen LogP contribution is 2.31. The van der Waals surface area contributed by atoms with Gasteiger partial charge in [0.1, 0.15) is 5.69 Å². The maximum atomic E-state index is 13.3. The number of nitrogens with two attached hydrogens (primary N) is 1. The van der Waals surface area contributed by atoms with Crippen LogP contribution in [0.15, 0.2) is 65.6 Å². The smallest absolute Gasteiger partial charge is 0.364 e. The normalized spacial score (nSPS) is 11.3. The molecule has 0 saturated heterocycles. The number of carbonyl (C=O) groups is 1. The average Bonchev–Trinajstić information content (AvgIpc) is 3.28. The molecule has 2 aromatic heterocycles. The van der Waals surface area contributed by atoms with Crippen LogP contribution in [-0.4, -0.2) is 25.2 Å². The van der Waals surface area contributed by atoms with E-state index in [2.05, 4.69) is 14.9 Å². The van der Waals surface area contributed by atoms with E-state index in [4.69, 9.17) is 12.3 Å². The Labute approximate surface area is 190 Å². The average molecular weight is 464 g/mol. The number of hydrogen-bond acceptors (Lipinski definition) is 4. The molecule has 8 nitrogen and oxygen atoms in total. The molecule has 0 fully saturated rings. The summed E-state index contributed by atoms with van der Waals surface area (Å²) >= 11 is 0. The topological polar surface area (TPSA) is 100 Å². The molecule has 2 N–H and O–H groups in total. The molecule has 0 aliphatic carbocycles. The zero-order valence-corrected chi connectivity index (χ0v) is 17.5. The highest BCUT2D eigenvalue weighted by molar-refractivity contribution is 5.91. The number of aromatic nitrogens is 4. The van der Waals surface area contributed by atoms with Crippen molar-refractivity contribution in [3.8, 4) is 22.8 Å². The number of nitrogens with zero attached hydrogens (tertiary/aromatic N) is 5. The highest BCUT2D eigenvalue weighted by Gasteiger charge is 2.31. The van der Waals surface area contributed by atoms with Crippen molar-refractivity contribution in [3.63, 3.8) is 0 Å². The number of rotatable bonds is 4. The molecule has 0 atom stereocenters. The van der Waals surface area contributed by atoms with Gasteiger partial charge >= 0.3 is 6.18 Å². The Bertz CT molecular complexity index is 1510. The summed E-state index contributed by atoms with van der Waals surface area (Å²) in [5.41, 5.74) is 4.37. The number of benzene rings is 2. The number of hydrogen-bond donors (Lipinski definition) is 1. The SMILES string of the molecule is [C-]#[N+]c1ccc(-n2nccc2-c2nc(C(N)=O)c(=O)n(-c3cccc(C(F)(F)F)c3)c2C)cc1. The first-order valence-electron chi connectivity index (χ1n) is 9.75. The van der Waals surface area contributed by atoms with Gasteiger partial charge in [0.25, 0.3) is 11.5 Å². The van der Waals surface area contributed by atoms with E-state index in [1.54, 1.807) is 30.3 Å². The molecule has 0 aliphatic rings. The van der Waals surface area contributed by atoms with E-state index in [0.717, 1.165) is 22.8 Å². The van der Waals surface area contributed by atoms with Crippen LogP contribution in [0.1, 0.15) is 21.7 Å². The number of alkyl halides is 3. The fourth-order valence-electron chi connectivity index (χ4n) is 3.50. The molecule has 1 amide bonds. The lowest BCUT2D eigenvalue weighted by molar-refractivity contribution is -0.137. The Morgan fingerprint density at radius 2 is 1.79 bits per heavy atom. The monoisotopic (exact) mass is 464 g/mol. The van der Waals surface area contributed by atoms with E-state index in [9.17, 15) is 22.8 Å². The van der Waals surface area contributed by atoms with Crippen LogP contribution in [-0.2, 0) is 6.18 Å². The minimum absolute atomic E-state index is 0.101. The minimum atomic E-state index is -4.63. The Balaban J connectivity index is 1.98. The predicted molar refractivity (Wildman–Crippen MR) is 117 cm³/mol. The van der Waals surface area contributed by atoms with Crippen molar-refractivity contribution in [2.24, 2.45) is 5.73 Å². The Morgan fingerprint density at radius 1 is 1.09 bits per heavy atom. The van der Waals surface area contributed by atoms with Crippen LogP contribution in [0.25, 0.3) is 27.6 Å². The number of amides is 1. The maximum absolute atomic E-state index is 13.3. The van der Waals surface area contributed by atoms with E-state index < -0.39 is 28.9 Å². The fraction of sp³-hybridized carbons (Fsp3) is 0.0870. The molecule has 2 aromatic carbocycles. The molecule has 4 rings (SSSR count). The number of carbonyl (C=O) groups excluding carboxylic acids is 1. The summed E-state index contributed by atoms with van der Waals surface area (Å²) in [6.07, 6.45) is -3.17. The summed E-state index contributed by atoms with van der Waals surface area (Å²) in [5, 5.41) is 4.25. The van der Waals surface area contributed by atoms with Crippen LogP contribution in [0.5, 0.6) is 0 Å². The molecule has 170 valence electrons. The second kappa shape index (κ2) is 8.32. The summed E-state index contributed by atoms with van der Waals surface area (Å²) < 4.78 is 42.3. The van der Waals surface area contributed by atoms with Gasteiger partial charge in [-0.15, -0.1) is 0 Å². The summed E-state index contributed by atoms with van der Waals surface area (Å²) in [6, 6.07) is 12.2. The van der Waals surface area contributed by atoms with Crippen molar-refractivity contribution in [1.82, 2.24) is 19.3 Å². The molecule has 0 spiro atoms. The Morgan fingerprint density at radius 3 is 2.41 bits per heavy atom. The van der Waals surface area contributed by atoms with Gasteiger partial charge in [-0.2, -0.15) is 18.3 Å². The van der Waals surface area contributed by atoms with E-state index in [0.29, 0.717) is 17.1 Å². The first-order chi connectivity index (χ1) is 16.1. The third kappa shape index (κ3) is 3.93. The van der Waals surface area contributed by atoms with E-state index in [1.165, 1.54) is 23.9 Å². The number of halogens is 3. The van der Waals surface area contributed by atoms with Gasteiger partial charge in [0.15, 0.2) is 11.4 Å². The zero-order chi connectivity index (χ0) is 24.6. The lowest BCUT2D eigenvalue weighted by atomic mass is 10.1. The summed E-state index contributed by atoms with van der Waals surface area (Å²) in [5.74, 6) is -1.13. The summed E-state index contributed by atoms with van der Waals surface area (Å²) in [7, 11) is 0. The van der Waals surface area contributed by atoms with Crippen molar-refractivity contribution in [2.75, 3.05) is 0 Å². The third-order valence-corrected chi connectivity index (χ3v) is 5.08. The molecule has 34 heavy (non-hydrogen) atoms. The Hall–Kier alpha value is -4.72. The van der Waals surface area contributed by atoms with E-state index in [1.807, 2.05) is 0 Å². The summed E-state index contributed by atoms with van der Waals surface area (Å²) in [6.45, 7) is 8.58. The standard InChI is InChI=1S/C23H15F3N6O2/c1-13-19(18-10-11-29-32(18)16-8-6-15(28-2)7-9-16)30-20(21(27)33)22(34)31(13)17-5-3-4-14(12-17)23(24,25)26/h3-12H,1H3,(H2,27,33). The van der Waals surface area contributed by atoms with Gasteiger partial charge in [0, 0.05) is 5.69 Å². The van der Waals surface area contributed by atoms with Gasteiger partial charge in [0.2, 0.25) is 0 Å². The van der Waals surface area contributed by atoms with Gasteiger partial charge < -0.3 is 5.73 Å². The quantitative estimate of drug-likeness (QED) is 0.461. The van der Waals surface area contributed by atoms with Crippen LogP contribution in [0.4, 0.5) is 18.9 Å². The van der Waals surface area contributed by atoms with Gasteiger partial charge in [-0.3, -0.25) is 14.2 Å². The largest absolute Gasteiger partial charge is 0.416 e. The maximum Gasteiger partial charge on any atom is 0.416 e. The molecule has 0 bridgehead atoms. The molecule has 4 aromatic rings. The van der Waals surface area contributed by atoms with Crippen molar-refractivity contribution in [3.05, 3.63) is 99.5 Å². The van der Waals surface area contributed by atoms with Crippen LogP contribution >= 0.6 is 0 Å². The molecular formula is C23H15F3N6O2. The second-order valence-electron chi connectivity index (χ2n) is 7.20. The van der Waals surface area contributed by atoms with Gasteiger partial charge in [-0.1, -0.05) is 18.2 Å². The molecule has 11 heteroatoms. The molecule has 2 heterocycles. The van der Waals surface area contributed by atoms with Crippen LogP contribution in [0.3, 0.4) is 0 Å². The van der Waals surface area contributed by atoms with Crippen molar-refractivity contribution in [2.45, 2.75) is 13.1 Å². The van der Waals surface area contributed by atoms with Gasteiger partial charge in [-0.05, 0) is 43.3 Å². The van der Waals surface area contributed by atoms with Crippen molar-refractivity contribution >= 4 is 11.6 Å². The highest BCUT2D eigenvalue weighted by atomic mass is 19.4. The lowest BCUT2D eigenvalue weighted by Gasteiger charge is -2.17. The molecule has 0 aliphatic heterocycles. The van der Waals surface area contributed by atoms with Gasteiger partial charge in [0.05, 0.1) is 35.4 Å². The minimum Gasteiger partial charge on any atom is -0.364 e. The van der Waals surface area contributed by atoms with E-state index in [-0.39, 0.29) is 17.1 Å². The van der Waals surface area contributed by atoms with Crippen LogP contribution in [0.2, 0.25) is 0 Å². The zero-order valence-electron chi connectivity index (χ0n) is 17.5. The van der Waals surface area contributed by atoms with Crippen molar-refractivity contribution in [1.29, 1.82) is 0 Å². The first kappa shape index (κ1) is 22.5. The van der Waals surface area contributed by atoms with Crippen LogP contribution in [0, 0.1) is 13.5 Å². The van der Waals surface area contributed by atoms with Crippen LogP contribution < -0.4 is 11.3 Å². The lowest BCUT2D eigenvalue weighted by Crippen LogP contribution is -2.32. The fourth-order valence-corrected chi connectivity index (χ4v) is 3.50. The Kier molecular flexibility index (Phi) is 5.50. The third-order valence-electron chi connectivity index (χ3n) is 5.08. The number of primary amides is 1. The predicted octanol–water partition coefficient (Wildman–Crippen LogP) is 4.06. The second-order valence-corrected chi connectivity index (χ2v) is 7.20. The molecule has 0 saturated carbocycles. The molecule has 0 unspecified atom stereocenters. The van der Waals surface area contributed by atoms with Gasteiger partial charge in [-0.25, -0.2) is 14.5 Å². The first-order valence-corrected chi connectivity index (χ1v) is 9.75. The molecule has 0 radical (unpaired) electrons. The molecular weight excluding hydrogens is 449 g/mol. The van der Waals surface area contributed by atoms with E-state index >= 15 is 0 Å². The summed E-state index contributed by atoms with van der Waals surface area (Å²) in [4.78, 5) is 32.5.